The summed E-state index contributed by atoms with van der Waals surface area (Å²) in [6.45, 7) is 4.00. The predicted molar refractivity (Wildman–Crippen MR) is 56.2 cm³/mol. The van der Waals surface area contributed by atoms with Crippen LogP contribution < -0.4 is 4.74 Å². The Kier molecular flexibility index (Phi) is 4.09. The van der Waals surface area contributed by atoms with Gasteiger partial charge in [-0.05, 0) is 25.0 Å². The fourth-order valence-corrected chi connectivity index (χ4v) is 1.26. The van der Waals surface area contributed by atoms with Crippen LogP contribution in [0.25, 0.3) is 0 Å². The van der Waals surface area contributed by atoms with Crippen LogP contribution in [0.2, 0.25) is 0 Å². The highest BCUT2D eigenvalue weighted by atomic mass is 16.5. The Bertz CT molecular complexity index is 334. The summed E-state index contributed by atoms with van der Waals surface area (Å²) >= 11 is 0. The molecular formula is C11H15NO3. The van der Waals surface area contributed by atoms with E-state index in [0.29, 0.717) is 0 Å². The molecule has 15 heavy (non-hydrogen) atoms. The number of carboxylic acid groups (broad SMARTS) is 1. The fraction of sp³-hybridized carbons (Fsp3) is 0.455. The quantitative estimate of drug-likeness (QED) is 0.808. The summed E-state index contributed by atoms with van der Waals surface area (Å²) < 4.78 is 5.51. The second-order valence-corrected chi connectivity index (χ2v) is 3.22. The summed E-state index contributed by atoms with van der Waals surface area (Å²) in [6.07, 6.45) is 3.24. The van der Waals surface area contributed by atoms with Gasteiger partial charge in [-0.2, -0.15) is 0 Å². The number of carbonyl (C=O) groups is 1. The summed E-state index contributed by atoms with van der Waals surface area (Å²) in [5, 5.41) is 8.90. The highest BCUT2D eigenvalue weighted by Crippen LogP contribution is 2.17. The molecule has 0 aromatic carbocycles. The largest absolute Gasteiger partial charge is 0.477 e. The molecule has 0 unspecified atom stereocenters. The summed E-state index contributed by atoms with van der Waals surface area (Å²) in [5.41, 5.74) is 0.115. The minimum atomic E-state index is -1.01. The molecule has 4 heteroatoms. The lowest BCUT2D eigenvalue weighted by atomic mass is 10.2. The Hall–Kier alpha value is -1.58. The number of rotatable bonds is 5. The van der Waals surface area contributed by atoms with Gasteiger partial charge in [0.2, 0.25) is 5.88 Å². The van der Waals surface area contributed by atoms with E-state index in [1.807, 2.05) is 13.8 Å². The molecule has 0 bridgehead atoms. The SMILES string of the molecule is CCC(CC)Oc1ncccc1C(=O)O. The van der Waals surface area contributed by atoms with Crippen LogP contribution in [0.5, 0.6) is 5.88 Å². The average molecular weight is 209 g/mol. The number of hydrogen-bond donors (Lipinski definition) is 1. The summed E-state index contributed by atoms with van der Waals surface area (Å²) in [4.78, 5) is 14.8. The van der Waals surface area contributed by atoms with Crippen LogP contribution >= 0.6 is 0 Å². The highest BCUT2D eigenvalue weighted by Gasteiger charge is 2.14. The van der Waals surface area contributed by atoms with Gasteiger partial charge in [-0.1, -0.05) is 13.8 Å². The van der Waals surface area contributed by atoms with Crippen LogP contribution in [0, 0.1) is 0 Å². The molecule has 82 valence electrons. The Morgan fingerprint density at radius 3 is 2.73 bits per heavy atom. The van der Waals surface area contributed by atoms with Crippen LogP contribution in [0.1, 0.15) is 37.0 Å². The Labute approximate surface area is 88.9 Å². The van der Waals surface area contributed by atoms with E-state index in [1.165, 1.54) is 12.3 Å². The van der Waals surface area contributed by atoms with E-state index >= 15 is 0 Å². The molecule has 0 aliphatic carbocycles. The number of aromatic carboxylic acids is 1. The first-order chi connectivity index (χ1) is 7.19. The van der Waals surface area contributed by atoms with Crippen molar-refractivity contribution in [3.63, 3.8) is 0 Å². The standard InChI is InChI=1S/C11H15NO3/c1-3-8(4-2)15-10-9(11(13)14)6-5-7-12-10/h5-8H,3-4H2,1-2H3,(H,13,14). The molecular weight excluding hydrogens is 194 g/mol. The van der Waals surface area contributed by atoms with E-state index in [4.69, 9.17) is 9.84 Å². The van der Waals surface area contributed by atoms with E-state index in [9.17, 15) is 4.79 Å². The van der Waals surface area contributed by atoms with Crippen LogP contribution in [0.15, 0.2) is 18.3 Å². The van der Waals surface area contributed by atoms with Crippen molar-refractivity contribution in [1.82, 2.24) is 4.98 Å². The zero-order valence-electron chi connectivity index (χ0n) is 8.93. The molecule has 0 saturated carbocycles. The van der Waals surface area contributed by atoms with Crippen LogP contribution in [0.4, 0.5) is 0 Å². The van der Waals surface area contributed by atoms with Gasteiger partial charge in [0.25, 0.3) is 0 Å². The smallest absolute Gasteiger partial charge is 0.341 e. The monoisotopic (exact) mass is 209 g/mol. The van der Waals surface area contributed by atoms with Crippen molar-refractivity contribution >= 4 is 5.97 Å². The average Bonchev–Trinajstić information content (AvgIpc) is 2.26. The van der Waals surface area contributed by atoms with Gasteiger partial charge in [-0.25, -0.2) is 9.78 Å². The minimum Gasteiger partial charge on any atom is -0.477 e. The number of nitrogens with zero attached hydrogens (tertiary/aromatic N) is 1. The van der Waals surface area contributed by atoms with Gasteiger partial charge in [-0.3, -0.25) is 0 Å². The normalized spacial score (nSPS) is 10.3. The lowest BCUT2D eigenvalue weighted by Crippen LogP contribution is -2.16. The second-order valence-electron chi connectivity index (χ2n) is 3.22. The molecule has 0 spiro atoms. The lowest BCUT2D eigenvalue weighted by molar-refractivity contribution is 0.0686. The van der Waals surface area contributed by atoms with E-state index < -0.39 is 5.97 Å². The molecule has 1 N–H and O–H groups in total. The first-order valence-electron chi connectivity index (χ1n) is 5.04. The molecule has 4 nitrogen and oxygen atoms in total. The van der Waals surface area contributed by atoms with Gasteiger partial charge in [-0.15, -0.1) is 0 Å². The minimum absolute atomic E-state index is 0.0259. The maximum absolute atomic E-state index is 10.9. The zero-order valence-corrected chi connectivity index (χ0v) is 8.93. The molecule has 0 aliphatic rings. The van der Waals surface area contributed by atoms with Crippen LogP contribution in [-0.4, -0.2) is 22.2 Å². The van der Waals surface area contributed by atoms with Gasteiger partial charge in [0.1, 0.15) is 5.56 Å². The third-order valence-corrected chi connectivity index (χ3v) is 2.19. The number of ether oxygens (including phenoxy) is 1. The molecule has 0 atom stereocenters. The van der Waals surface area contributed by atoms with Crippen molar-refractivity contribution in [3.8, 4) is 5.88 Å². The zero-order chi connectivity index (χ0) is 11.3. The van der Waals surface area contributed by atoms with Crippen LogP contribution in [-0.2, 0) is 0 Å². The first-order valence-corrected chi connectivity index (χ1v) is 5.04. The van der Waals surface area contributed by atoms with Crippen LogP contribution in [0.3, 0.4) is 0 Å². The van der Waals surface area contributed by atoms with Gasteiger partial charge in [0, 0.05) is 6.20 Å². The molecule has 0 radical (unpaired) electrons. The highest BCUT2D eigenvalue weighted by molar-refractivity contribution is 5.90. The van der Waals surface area contributed by atoms with E-state index in [0.717, 1.165) is 12.8 Å². The number of pyridine rings is 1. The first kappa shape index (κ1) is 11.5. The maximum atomic E-state index is 10.9. The van der Waals surface area contributed by atoms with Crippen molar-refractivity contribution in [1.29, 1.82) is 0 Å². The number of aromatic nitrogens is 1. The number of carboxylic acids is 1. The van der Waals surface area contributed by atoms with Crippen molar-refractivity contribution in [2.24, 2.45) is 0 Å². The van der Waals surface area contributed by atoms with E-state index in [2.05, 4.69) is 4.98 Å². The third kappa shape index (κ3) is 2.94. The van der Waals surface area contributed by atoms with Crippen molar-refractivity contribution in [2.75, 3.05) is 0 Å². The van der Waals surface area contributed by atoms with Gasteiger partial charge in [0.05, 0.1) is 6.10 Å². The fourth-order valence-electron chi connectivity index (χ4n) is 1.26. The third-order valence-electron chi connectivity index (χ3n) is 2.19. The van der Waals surface area contributed by atoms with E-state index in [-0.39, 0.29) is 17.5 Å². The molecule has 0 amide bonds. The molecule has 0 aliphatic heterocycles. The summed E-state index contributed by atoms with van der Waals surface area (Å²) in [7, 11) is 0. The van der Waals surface area contributed by atoms with E-state index in [1.54, 1.807) is 6.07 Å². The second kappa shape index (κ2) is 5.34. The molecule has 1 rings (SSSR count). The Balaban J connectivity index is 2.88. The van der Waals surface area contributed by atoms with Crippen molar-refractivity contribution < 1.29 is 14.6 Å². The number of hydrogen-bond acceptors (Lipinski definition) is 3. The van der Waals surface area contributed by atoms with Crippen molar-refractivity contribution in [3.05, 3.63) is 23.9 Å². The predicted octanol–water partition coefficient (Wildman–Crippen LogP) is 2.35. The van der Waals surface area contributed by atoms with Gasteiger partial charge in [0.15, 0.2) is 0 Å². The molecule has 1 aromatic rings. The topological polar surface area (TPSA) is 59.4 Å². The molecule has 1 heterocycles. The summed E-state index contributed by atoms with van der Waals surface area (Å²) in [5.74, 6) is -0.803. The lowest BCUT2D eigenvalue weighted by Gasteiger charge is -2.15. The Morgan fingerprint density at radius 1 is 1.53 bits per heavy atom. The maximum Gasteiger partial charge on any atom is 0.341 e. The van der Waals surface area contributed by atoms with Crippen molar-refractivity contribution in [2.45, 2.75) is 32.8 Å². The molecule has 0 saturated heterocycles. The molecule has 0 fully saturated rings. The summed E-state index contributed by atoms with van der Waals surface area (Å²) in [6, 6.07) is 3.08. The molecule has 1 aromatic heterocycles. The van der Waals surface area contributed by atoms with Gasteiger partial charge < -0.3 is 9.84 Å². The van der Waals surface area contributed by atoms with Gasteiger partial charge >= 0.3 is 5.97 Å². The Morgan fingerprint density at radius 2 is 2.20 bits per heavy atom.